The van der Waals surface area contributed by atoms with Crippen LogP contribution in [0.15, 0.2) is 52.9 Å². The van der Waals surface area contributed by atoms with Crippen molar-refractivity contribution >= 4 is 45.0 Å². The molecule has 144 valence electrons. The largest absolute Gasteiger partial charge is 0.508 e. The Morgan fingerprint density at radius 1 is 1.11 bits per heavy atom. The zero-order valence-electron chi connectivity index (χ0n) is 15.2. The van der Waals surface area contributed by atoms with Gasteiger partial charge in [0.25, 0.3) is 0 Å². The summed E-state index contributed by atoms with van der Waals surface area (Å²) in [5, 5.41) is 9.36. The molecular formula is C21H20N2O3S2. The molecule has 1 amide bonds. The number of thioether (sulfide) groups is 1. The number of hydrogen-bond donors (Lipinski definition) is 1. The molecule has 0 saturated carbocycles. The number of carbonyl (C=O) groups is 2. The standard InChI is InChI=1S/C21H20N2O3S2/c24-16-7-5-14(6-8-16)20(26)15-9-11-23(12-10-15)19(25)13-27-21-22-17-3-1-2-4-18(17)28-21/h1-8,15,24H,9-13H2. The average Bonchev–Trinajstić information content (AvgIpc) is 3.15. The maximum absolute atomic E-state index is 12.6. The van der Waals surface area contributed by atoms with Gasteiger partial charge in [-0.05, 0) is 49.2 Å². The first-order chi connectivity index (χ1) is 13.6. The Kier molecular flexibility index (Phi) is 5.64. The summed E-state index contributed by atoms with van der Waals surface area (Å²) in [5.74, 6) is 0.653. The second-order valence-corrected chi connectivity index (χ2v) is 9.06. The molecule has 0 aliphatic carbocycles. The lowest BCUT2D eigenvalue weighted by atomic mass is 9.89. The topological polar surface area (TPSA) is 70.5 Å². The van der Waals surface area contributed by atoms with Crippen molar-refractivity contribution in [2.45, 2.75) is 17.2 Å². The summed E-state index contributed by atoms with van der Waals surface area (Å²) < 4.78 is 2.04. The van der Waals surface area contributed by atoms with E-state index < -0.39 is 0 Å². The van der Waals surface area contributed by atoms with Gasteiger partial charge in [0.1, 0.15) is 5.75 Å². The van der Waals surface area contributed by atoms with Crippen molar-refractivity contribution in [3.63, 3.8) is 0 Å². The number of aromatic nitrogens is 1. The number of benzene rings is 2. The van der Waals surface area contributed by atoms with E-state index in [9.17, 15) is 14.7 Å². The van der Waals surface area contributed by atoms with Gasteiger partial charge < -0.3 is 10.0 Å². The van der Waals surface area contributed by atoms with Crippen LogP contribution in [0.2, 0.25) is 0 Å². The monoisotopic (exact) mass is 412 g/mol. The van der Waals surface area contributed by atoms with Gasteiger partial charge in [-0.2, -0.15) is 0 Å². The minimum Gasteiger partial charge on any atom is -0.508 e. The molecule has 7 heteroatoms. The van der Waals surface area contributed by atoms with Crippen molar-refractivity contribution in [1.82, 2.24) is 9.88 Å². The van der Waals surface area contributed by atoms with E-state index in [0.717, 1.165) is 14.6 Å². The normalized spacial score (nSPS) is 15.1. The molecule has 1 fully saturated rings. The number of amides is 1. The number of rotatable bonds is 5. The zero-order valence-corrected chi connectivity index (χ0v) is 16.8. The summed E-state index contributed by atoms with van der Waals surface area (Å²) in [4.78, 5) is 31.5. The van der Waals surface area contributed by atoms with Crippen LogP contribution in [0, 0.1) is 5.92 Å². The molecule has 1 saturated heterocycles. The van der Waals surface area contributed by atoms with Gasteiger partial charge in [0.15, 0.2) is 10.1 Å². The molecule has 3 aromatic rings. The number of Topliss-reactive ketones (excluding diaryl/α,β-unsaturated/α-hetero) is 1. The molecule has 0 radical (unpaired) electrons. The Balaban J connectivity index is 1.28. The van der Waals surface area contributed by atoms with Crippen molar-refractivity contribution in [3.8, 4) is 5.75 Å². The van der Waals surface area contributed by atoms with Crippen molar-refractivity contribution in [1.29, 1.82) is 0 Å². The molecule has 0 atom stereocenters. The van der Waals surface area contributed by atoms with Crippen LogP contribution in [0.25, 0.3) is 10.2 Å². The van der Waals surface area contributed by atoms with Crippen LogP contribution in [-0.2, 0) is 4.79 Å². The summed E-state index contributed by atoms with van der Waals surface area (Å²) in [6, 6.07) is 14.3. The van der Waals surface area contributed by atoms with Gasteiger partial charge in [-0.15, -0.1) is 11.3 Å². The van der Waals surface area contributed by atoms with Gasteiger partial charge in [0.05, 0.1) is 16.0 Å². The van der Waals surface area contributed by atoms with Gasteiger partial charge in [-0.25, -0.2) is 4.98 Å². The lowest BCUT2D eigenvalue weighted by molar-refractivity contribution is -0.129. The number of fused-ring (bicyclic) bond motifs is 1. The fraction of sp³-hybridized carbons (Fsp3) is 0.286. The molecule has 2 heterocycles. The molecule has 4 rings (SSSR count). The lowest BCUT2D eigenvalue weighted by Crippen LogP contribution is -2.41. The summed E-state index contributed by atoms with van der Waals surface area (Å²) in [6.07, 6.45) is 1.36. The minimum absolute atomic E-state index is 0.0643. The number of hydrogen-bond acceptors (Lipinski definition) is 6. The number of phenols is 1. The van der Waals surface area contributed by atoms with Crippen LogP contribution in [0.5, 0.6) is 5.75 Å². The highest BCUT2D eigenvalue weighted by Crippen LogP contribution is 2.30. The summed E-state index contributed by atoms with van der Waals surface area (Å²) >= 11 is 3.09. The second kappa shape index (κ2) is 8.32. The van der Waals surface area contributed by atoms with Crippen molar-refractivity contribution in [3.05, 3.63) is 54.1 Å². The predicted molar refractivity (Wildman–Crippen MR) is 112 cm³/mol. The fourth-order valence-electron chi connectivity index (χ4n) is 3.38. The van der Waals surface area contributed by atoms with Gasteiger partial charge >= 0.3 is 0 Å². The van der Waals surface area contributed by atoms with E-state index in [2.05, 4.69) is 4.98 Å². The number of ketones is 1. The Bertz CT molecular complexity index is 959. The van der Waals surface area contributed by atoms with E-state index in [1.807, 2.05) is 29.2 Å². The first-order valence-corrected chi connectivity index (χ1v) is 11.0. The van der Waals surface area contributed by atoms with E-state index in [0.29, 0.717) is 37.2 Å². The summed E-state index contributed by atoms with van der Waals surface area (Å²) in [7, 11) is 0. The van der Waals surface area contributed by atoms with Crippen LogP contribution in [0.3, 0.4) is 0 Å². The van der Waals surface area contributed by atoms with Gasteiger partial charge in [0, 0.05) is 24.6 Å². The molecule has 5 nitrogen and oxygen atoms in total. The Morgan fingerprint density at radius 2 is 1.82 bits per heavy atom. The number of piperidine rings is 1. The zero-order chi connectivity index (χ0) is 19.5. The van der Waals surface area contributed by atoms with Crippen LogP contribution in [-0.4, -0.2) is 45.5 Å². The first kappa shape index (κ1) is 19.0. The molecule has 0 bridgehead atoms. The van der Waals surface area contributed by atoms with Crippen LogP contribution < -0.4 is 0 Å². The van der Waals surface area contributed by atoms with E-state index in [1.54, 1.807) is 23.5 Å². The SMILES string of the molecule is O=C(c1ccc(O)cc1)C1CCN(C(=O)CSc2nc3ccccc3s2)CC1. The van der Waals surface area contributed by atoms with Crippen LogP contribution in [0.1, 0.15) is 23.2 Å². The smallest absolute Gasteiger partial charge is 0.233 e. The third-order valence-electron chi connectivity index (χ3n) is 4.96. The molecule has 0 unspecified atom stereocenters. The molecule has 1 N–H and O–H groups in total. The number of nitrogens with zero attached hydrogens (tertiary/aromatic N) is 2. The van der Waals surface area contributed by atoms with Crippen molar-refractivity contribution < 1.29 is 14.7 Å². The minimum atomic E-state index is -0.0643. The van der Waals surface area contributed by atoms with E-state index in [-0.39, 0.29) is 23.4 Å². The van der Waals surface area contributed by atoms with Crippen LogP contribution >= 0.6 is 23.1 Å². The first-order valence-electron chi connectivity index (χ1n) is 9.19. The molecule has 1 aliphatic heterocycles. The highest BCUT2D eigenvalue weighted by Gasteiger charge is 2.28. The maximum atomic E-state index is 12.6. The molecule has 1 aromatic heterocycles. The molecule has 28 heavy (non-hydrogen) atoms. The third kappa shape index (κ3) is 4.20. The van der Waals surface area contributed by atoms with Gasteiger partial charge in [-0.1, -0.05) is 23.9 Å². The highest BCUT2D eigenvalue weighted by molar-refractivity contribution is 8.01. The lowest BCUT2D eigenvalue weighted by Gasteiger charge is -2.31. The second-order valence-electron chi connectivity index (χ2n) is 6.80. The summed E-state index contributed by atoms with van der Waals surface area (Å²) in [6.45, 7) is 1.21. The third-order valence-corrected chi connectivity index (χ3v) is 7.13. The van der Waals surface area contributed by atoms with Gasteiger partial charge in [-0.3, -0.25) is 9.59 Å². The number of carbonyl (C=O) groups excluding carboxylic acids is 2. The number of phenolic OH excluding ortho intramolecular Hbond substituents is 1. The van der Waals surface area contributed by atoms with E-state index >= 15 is 0 Å². The van der Waals surface area contributed by atoms with E-state index in [1.165, 1.54) is 23.9 Å². The van der Waals surface area contributed by atoms with Crippen LogP contribution in [0.4, 0.5) is 0 Å². The summed E-state index contributed by atoms with van der Waals surface area (Å²) in [5.41, 5.74) is 1.59. The Morgan fingerprint density at radius 3 is 2.54 bits per heavy atom. The molecular weight excluding hydrogens is 392 g/mol. The number of likely N-dealkylation sites (tertiary alicyclic amines) is 1. The van der Waals surface area contributed by atoms with Gasteiger partial charge in [0.2, 0.25) is 5.91 Å². The van der Waals surface area contributed by atoms with Crippen molar-refractivity contribution in [2.75, 3.05) is 18.8 Å². The number of thiazole rings is 1. The number of para-hydroxylation sites is 1. The molecule has 1 aliphatic rings. The fourth-order valence-corrected chi connectivity index (χ4v) is 5.35. The predicted octanol–water partition coefficient (Wildman–Crippen LogP) is 4.22. The maximum Gasteiger partial charge on any atom is 0.233 e. The molecule has 0 spiro atoms. The van der Waals surface area contributed by atoms with Crippen molar-refractivity contribution in [2.24, 2.45) is 5.92 Å². The Labute approximate surface area is 171 Å². The quantitative estimate of drug-likeness (QED) is 0.502. The highest BCUT2D eigenvalue weighted by atomic mass is 32.2. The molecule has 2 aromatic carbocycles. The van der Waals surface area contributed by atoms with E-state index in [4.69, 9.17) is 0 Å². The average molecular weight is 413 g/mol. The number of aromatic hydroxyl groups is 1. The Hall–Kier alpha value is -2.38.